The minimum atomic E-state index is -0.328. The number of halogens is 1. The molecule has 4 aromatic carbocycles. The largest absolute Gasteiger partial charge is 0.347 e. The maximum Gasteiger partial charge on any atom is 0.268 e. The van der Waals surface area contributed by atoms with E-state index in [0.717, 1.165) is 33.2 Å². The first-order chi connectivity index (χ1) is 18.4. The van der Waals surface area contributed by atoms with E-state index in [1.54, 1.807) is 18.2 Å². The van der Waals surface area contributed by atoms with E-state index >= 15 is 0 Å². The molecule has 0 aliphatic rings. The van der Waals surface area contributed by atoms with Gasteiger partial charge in [-0.3, -0.25) is 9.59 Å². The molecule has 0 atom stereocenters. The Morgan fingerprint density at radius 3 is 2.32 bits per heavy atom. The first-order valence-corrected chi connectivity index (χ1v) is 12.5. The van der Waals surface area contributed by atoms with E-state index in [1.807, 2.05) is 85.1 Å². The quantitative estimate of drug-likeness (QED) is 0.261. The number of nitrogens with one attached hydrogen (secondary N) is 2. The summed E-state index contributed by atoms with van der Waals surface area (Å²) in [6.07, 6.45) is 0. The normalized spacial score (nSPS) is 10.9. The third-order valence-electron chi connectivity index (χ3n) is 6.69. The summed E-state index contributed by atoms with van der Waals surface area (Å²) in [5, 5.41) is 6.74. The SMILES string of the molecule is Cc1ccc(C(=O)Nc2ccc3c(c2)cc(C(=O)NCc2ccccc2)n3Cc2cccc(F)c2)cc1C. The number of benzene rings is 4. The van der Waals surface area contributed by atoms with Gasteiger partial charge >= 0.3 is 0 Å². The van der Waals surface area contributed by atoms with Crippen LogP contribution in [0.4, 0.5) is 10.1 Å². The number of aromatic nitrogens is 1. The Labute approximate surface area is 220 Å². The molecular formula is C32H28FN3O2. The van der Waals surface area contributed by atoms with Crippen LogP contribution in [0.15, 0.2) is 97.1 Å². The van der Waals surface area contributed by atoms with E-state index in [9.17, 15) is 14.0 Å². The van der Waals surface area contributed by atoms with Crippen LogP contribution >= 0.6 is 0 Å². The summed E-state index contributed by atoms with van der Waals surface area (Å²) in [5.41, 5.74) is 6.38. The van der Waals surface area contributed by atoms with Crippen molar-refractivity contribution in [3.8, 4) is 0 Å². The molecule has 5 aromatic rings. The number of aryl methyl sites for hydroxylation is 2. The van der Waals surface area contributed by atoms with Gasteiger partial charge in [0.25, 0.3) is 11.8 Å². The molecule has 38 heavy (non-hydrogen) atoms. The Morgan fingerprint density at radius 2 is 1.55 bits per heavy atom. The second-order valence-electron chi connectivity index (χ2n) is 9.44. The molecule has 0 saturated carbocycles. The van der Waals surface area contributed by atoms with E-state index in [2.05, 4.69) is 10.6 Å². The van der Waals surface area contributed by atoms with Crippen molar-refractivity contribution in [2.45, 2.75) is 26.9 Å². The predicted octanol–water partition coefficient (Wildman–Crippen LogP) is 6.63. The van der Waals surface area contributed by atoms with Crippen LogP contribution in [0.1, 0.15) is 43.1 Å². The van der Waals surface area contributed by atoms with Crippen LogP contribution in [0.3, 0.4) is 0 Å². The van der Waals surface area contributed by atoms with E-state index in [-0.39, 0.29) is 17.6 Å². The Bertz CT molecular complexity index is 1640. The number of nitrogens with zero attached hydrogens (tertiary/aromatic N) is 1. The van der Waals surface area contributed by atoms with Crippen LogP contribution in [0.2, 0.25) is 0 Å². The first-order valence-electron chi connectivity index (χ1n) is 12.5. The minimum absolute atomic E-state index is 0.201. The molecule has 0 spiro atoms. The molecule has 2 N–H and O–H groups in total. The fraction of sp³-hybridized carbons (Fsp3) is 0.125. The van der Waals surface area contributed by atoms with Crippen molar-refractivity contribution >= 4 is 28.4 Å². The molecule has 0 saturated heterocycles. The number of fused-ring (bicyclic) bond motifs is 1. The van der Waals surface area contributed by atoms with Gasteiger partial charge in [-0.25, -0.2) is 4.39 Å². The summed E-state index contributed by atoms with van der Waals surface area (Å²) in [4.78, 5) is 26.2. The lowest BCUT2D eigenvalue weighted by atomic mass is 10.1. The Kier molecular flexibility index (Phi) is 7.05. The summed E-state index contributed by atoms with van der Waals surface area (Å²) >= 11 is 0. The Hall–Kier alpha value is -4.71. The fourth-order valence-electron chi connectivity index (χ4n) is 4.48. The number of hydrogen-bond donors (Lipinski definition) is 2. The molecular weight excluding hydrogens is 477 g/mol. The lowest BCUT2D eigenvalue weighted by molar-refractivity contribution is 0.0941. The highest BCUT2D eigenvalue weighted by molar-refractivity contribution is 6.06. The van der Waals surface area contributed by atoms with Gasteiger partial charge in [-0.2, -0.15) is 0 Å². The van der Waals surface area contributed by atoms with Crippen LogP contribution < -0.4 is 10.6 Å². The average molecular weight is 506 g/mol. The summed E-state index contributed by atoms with van der Waals surface area (Å²) in [5.74, 6) is -0.764. The third kappa shape index (κ3) is 5.49. The van der Waals surface area contributed by atoms with Crippen LogP contribution in [0, 0.1) is 19.7 Å². The highest BCUT2D eigenvalue weighted by Crippen LogP contribution is 2.26. The van der Waals surface area contributed by atoms with Crippen LogP contribution in [-0.2, 0) is 13.1 Å². The maximum absolute atomic E-state index is 13.9. The second-order valence-corrected chi connectivity index (χ2v) is 9.44. The summed E-state index contributed by atoms with van der Waals surface area (Å²) in [6.45, 7) is 4.69. The molecule has 0 aliphatic carbocycles. The van der Waals surface area contributed by atoms with Crippen LogP contribution in [0.5, 0.6) is 0 Å². The molecule has 6 heteroatoms. The zero-order chi connectivity index (χ0) is 26.6. The van der Waals surface area contributed by atoms with Crippen LogP contribution in [0.25, 0.3) is 10.9 Å². The zero-order valence-electron chi connectivity index (χ0n) is 21.3. The van der Waals surface area contributed by atoms with Crippen molar-refractivity contribution in [3.05, 3.63) is 136 Å². The van der Waals surface area contributed by atoms with Crippen molar-refractivity contribution in [2.24, 2.45) is 0 Å². The number of carbonyl (C=O) groups excluding carboxylic acids is 2. The fourth-order valence-corrected chi connectivity index (χ4v) is 4.48. The van der Waals surface area contributed by atoms with E-state index in [0.29, 0.717) is 30.0 Å². The highest BCUT2D eigenvalue weighted by atomic mass is 19.1. The van der Waals surface area contributed by atoms with Gasteiger partial charge in [-0.15, -0.1) is 0 Å². The first kappa shape index (κ1) is 25.0. The minimum Gasteiger partial charge on any atom is -0.347 e. The zero-order valence-corrected chi connectivity index (χ0v) is 21.3. The van der Waals surface area contributed by atoms with Gasteiger partial charge in [0, 0.05) is 35.2 Å². The summed E-state index contributed by atoms with van der Waals surface area (Å²) in [7, 11) is 0. The van der Waals surface area contributed by atoms with Gasteiger partial charge in [0.15, 0.2) is 0 Å². The Morgan fingerprint density at radius 1 is 0.763 bits per heavy atom. The average Bonchev–Trinajstić information content (AvgIpc) is 3.27. The number of rotatable bonds is 7. The van der Waals surface area contributed by atoms with Crippen LogP contribution in [-0.4, -0.2) is 16.4 Å². The molecule has 190 valence electrons. The maximum atomic E-state index is 13.9. The number of amides is 2. The molecule has 0 aliphatic heterocycles. The molecule has 5 nitrogen and oxygen atoms in total. The highest BCUT2D eigenvalue weighted by Gasteiger charge is 2.17. The number of hydrogen-bond acceptors (Lipinski definition) is 2. The van der Waals surface area contributed by atoms with Gasteiger partial charge in [-0.05, 0) is 84.6 Å². The molecule has 5 rings (SSSR count). The summed E-state index contributed by atoms with van der Waals surface area (Å²) < 4.78 is 15.8. The van der Waals surface area contributed by atoms with Crippen molar-refractivity contribution in [3.63, 3.8) is 0 Å². The predicted molar refractivity (Wildman–Crippen MR) is 149 cm³/mol. The van der Waals surface area contributed by atoms with Crippen molar-refractivity contribution in [2.75, 3.05) is 5.32 Å². The van der Waals surface area contributed by atoms with Crippen molar-refractivity contribution < 1.29 is 14.0 Å². The van der Waals surface area contributed by atoms with Gasteiger partial charge < -0.3 is 15.2 Å². The lowest BCUT2D eigenvalue weighted by Gasteiger charge is -2.12. The van der Waals surface area contributed by atoms with Gasteiger partial charge in [0.05, 0.1) is 0 Å². The van der Waals surface area contributed by atoms with Crippen molar-refractivity contribution in [1.29, 1.82) is 0 Å². The third-order valence-corrected chi connectivity index (χ3v) is 6.69. The molecule has 0 radical (unpaired) electrons. The lowest BCUT2D eigenvalue weighted by Crippen LogP contribution is -2.25. The number of anilines is 1. The molecule has 1 aromatic heterocycles. The van der Waals surface area contributed by atoms with Gasteiger partial charge in [0.2, 0.25) is 0 Å². The molecule has 0 bridgehead atoms. The standard InChI is InChI=1S/C32H28FN3O2/c1-21-11-12-25(15-22(21)2)31(37)35-28-13-14-29-26(17-28)18-30(32(38)34-19-23-7-4-3-5-8-23)36(29)20-24-9-6-10-27(33)16-24/h3-18H,19-20H2,1-2H3,(H,34,38)(H,35,37). The molecule has 0 unspecified atom stereocenters. The Balaban J connectivity index is 1.46. The smallest absolute Gasteiger partial charge is 0.268 e. The van der Waals surface area contributed by atoms with Gasteiger partial charge in [-0.1, -0.05) is 48.5 Å². The van der Waals surface area contributed by atoms with Crippen molar-refractivity contribution in [1.82, 2.24) is 9.88 Å². The van der Waals surface area contributed by atoms with E-state index in [4.69, 9.17) is 0 Å². The second kappa shape index (κ2) is 10.7. The summed E-state index contributed by atoms with van der Waals surface area (Å²) in [6, 6.07) is 29.0. The molecule has 2 amide bonds. The number of carbonyl (C=O) groups is 2. The molecule has 1 heterocycles. The van der Waals surface area contributed by atoms with Gasteiger partial charge in [0.1, 0.15) is 11.5 Å². The monoisotopic (exact) mass is 505 g/mol. The molecule has 0 fully saturated rings. The topological polar surface area (TPSA) is 63.1 Å². The van der Waals surface area contributed by atoms with E-state index < -0.39 is 0 Å². The van der Waals surface area contributed by atoms with E-state index in [1.165, 1.54) is 12.1 Å².